The number of nitrogens with one attached hydrogen (secondary N) is 1. The van der Waals surface area contributed by atoms with Crippen LogP contribution in [0.25, 0.3) is 0 Å². The lowest BCUT2D eigenvalue weighted by Gasteiger charge is -2.32. The highest BCUT2D eigenvalue weighted by Crippen LogP contribution is 2.17. The third kappa shape index (κ3) is 7.58. The summed E-state index contributed by atoms with van der Waals surface area (Å²) in [6, 6.07) is 25.5. The van der Waals surface area contributed by atoms with Crippen molar-refractivity contribution in [2.45, 2.75) is 59.0 Å². The van der Waals surface area contributed by atoms with Crippen molar-refractivity contribution in [1.29, 1.82) is 0 Å². The molecule has 0 aliphatic heterocycles. The molecule has 3 aromatic rings. The van der Waals surface area contributed by atoms with E-state index >= 15 is 0 Å². The Morgan fingerprint density at radius 1 is 0.794 bits per heavy atom. The van der Waals surface area contributed by atoms with Crippen LogP contribution in [0.1, 0.15) is 47.6 Å². The average Bonchev–Trinajstić information content (AvgIpc) is 2.84. The lowest BCUT2D eigenvalue weighted by atomic mass is 10.0. The molecule has 0 saturated heterocycles. The first-order valence-corrected chi connectivity index (χ1v) is 12.2. The molecule has 4 nitrogen and oxygen atoms in total. The predicted octanol–water partition coefficient (Wildman–Crippen LogP) is 5.40. The number of unbranched alkanes of at least 4 members (excludes halogenated alkanes) is 1. The van der Waals surface area contributed by atoms with E-state index in [1.807, 2.05) is 92.7 Å². The predicted molar refractivity (Wildman–Crippen MR) is 138 cm³/mol. The molecule has 4 heteroatoms. The molecule has 2 amide bonds. The van der Waals surface area contributed by atoms with Gasteiger partial charge in [0, 0.05) is 19.5 Å². The zero-order valence-electron chi connectivity index (χ0n) is 20.6. The second kappa shape index (κ2) is 12.7. The van der Waals surface area contributed by atoms with Gasteiger partial charge in [0.05, 0.1) is 6.42 Å². The van der Waals surface area contributed by atoms with Crippen LogP contribution in [0.2, 0.25) is 0 Å². The molecular weight excluding hydrogens is 420 g/mol. The number of hydrogen-bond donors (Lipinski definition) is 1. The number of aryl methyl sites for hydroxylation is 2. The number of rotatable bonds is 11. The second-order valence-electron chi connectivity index (χ2n) is 9.02. The van der Waals surface area contributed by atoms with Gasteiger partial charge < -0.3 is 10.2 Å². The minimum atomic E-state index is -0.585. The summed E-state index contributed by atoms with van der Waals surface area (Å²) < 4.78 is 0. The second-order valence-corrected chi connectivity index (χ2v) is 9.02. The summed E-state index contributed by atoms with van der Waals surface area (Å²) in [4.78, 5) is 28.8. The number of amides is 2. The Morgan fingerprint density at radius 3 is 1.97 bits per heavy atom. The van der Waals surface area contributed by atoms with Crippen molar-refractivity contribution < 1.29 is 9.59 Å². The molecule has 0 saturated carbocycles. The van der Waals surface area contributed by atoms with Crippen molar-refractivity contribution in [3.8, 4) is 0 Å². The lowest BCUT2D eigenvalue weighted by Crippen LogP contribution is -2.51. The average molecular weight is 457 g/mol. The maximum atomic E-state index is 13.7. The molecular formula is C30H36N2O2. The Labute approximate surface area is 204 Å². The maximum Gasteiger partial charge on any atom is 0.243 e. The minimum absolute atomic E-state index is 0.0454. The molecule has 3 rings (SSSR count). The van der Waals surface area contributed by atoms with Crippen LogP contribution in [0, 0.1) is 13.8 Å². The van der Waals surface area contributed by atoms with Gasteiger partial charge in [-0.25, -0.2) is 0 Å². The first kappa shape index (κ1) is 25.2. The summed E-state index contributed by atoms with van der Waals surface area (Å²) in [5.41, 5.74) is 5.33. The molecule has 0 unspecified atom stereocenters. The summed E-state index contributed by atoms with van der Waals surface area (Å²) in [6.07, 6.45) is 2.66. The maximum absolute atomic E-state index is 13.7. The topological polar surface area (TPSA) is 49.4 Å². The molecule has 178 valence electrons. The minimum Gasteiger partial charge on any atom is -0.354 e. The van der Waals surface area contributed by atoms with Crippen molar-refractivity contribution in [2.75, 3.05) is 6.54 Å². The summed E-state index contributed by atoms with van der Waals surface area (Å²) in [5, 5.41) is 3.07. The SMILES string of the molecule is CCCCNC(=O)[C@@H](Cc1ccccc1)N(Cc1ccc(C)cc1)C(=O)Cc1ccc(C)cc1. The van der Waals surface area contributed by atoms with Crippen molar-refractivity contribution >= 4 is 11.8 Å². The highest BCUT2D eigenvalue weighted by atomic mass is 16.2. The van der Waals surface area contributed by atoms with Crippen LogP contribution < -0.4 is 5.32 Å². The van der Waals surface area contributed by atoms with Crippen LogP contribution in [0.4, 0.5) is 0 Å². The quantitative estimate of drug-likeness (QED) is 0.393. The fourth-order valence-electron chi connectivity index (χ4n) is 3.93. The Bertz CT molecular complexity index is 1040. The number of carbonyl (C=O) groups excluding carboxylic acids is 2. The van der Waals surface area contributed by atoms with Gasteiger partial charge in [0.15, 0.2) is 0 Å². The highest BCUT2D eigenvalue weighted by molar-refractivity contribution is 5.88. The molecule has 34 heavy (non-hydrogen) atoms. The first-order chi connectivity index (χ1) is 16.5. The molecule has 3 aromatic carbocycles. The summed E-state index contributed by atoms with van der Waals surface area (Å²) in [7, 11) is 0. The van der Waals surface area contributed by atoms with E-state index in [0.717, 1.165) is 35.1 Å². The molecule has 0 aliphatic carbocycles. The van der Waals surface area contributed by atoms with Crippen molar-refractivity contribution in [3.63, 3.8) is 0 Å². The van der Waals surface area contributed by atoms with Gasteiger partial charge >= 0.3 is 0 Å². The Balaban J connectivity index is 1.92. The van der Waals surface area contributed by atoms with Crippen molar-refractivity contribution in [3.05, 3.63) is 107 Å². The molecule has 0 aliphatic rings. The third-order valence-electron chi connectivity index (χ3n) is 6.05. The van der Waals surface area contributed by atoms with Crippen LogP contribution in [0.5, 0.6) is 0 Å². The number of carbonyl (C=O) groups is 2. The molecule has 0 fully saturated rings. The molecule has 1 N–H and O–H groups in total. The molecule has 0 radical (unpaired) electrons. The Morgan fingerprint density at radius 2 is 1.38 bits per heavy atom. The van der Waals surface area contributed by atoms with E-state index in [1.54, 1.807) is 4.90 Å². The highest BCUT2D eigenvalue weighted by Gasteiger charge is 2.30. The van der Waals surface area contributed by atoms with Crippen molar-refractivity contribution in [2.24, 2.45) is 0 Å². The Hall–Kier alpha value is -3.40. The van der Waals surface area contributed by atoms with Crippen LogP contribution in [0.3, 0.4) is 0 Å². The van der Waals surface area contributed by atoms with E-state index in [9.17, 15) is 9.59 Å². The van der Waals surface area contributed by atoms with Gasteiger partial charge in [-0.05, 0) is 37.0 Å². The molecule has 1 atom stereocenters. The first-order valence-electron chi connectivity index (χ1n) is 12.2. The lowest BCUT2D eigenvalue weighted by molar-refractivity contribution is -0.140. The fraction of sp³-hybridized carbons (Fsp3) is 0.333. The van der Waals surface area contributed by atoms with E-state index in [4.69, 9.17) is 0 Å². The van der Waals surface area contributed by atoms with Crippen LogP contribution >= 0.6 is 0 Å². The van der Waals surface area contributed by atoms with Crippen LogP contribution in [-0.4, -0.2) is 29.3 Å². The zero-order chi connectivity index (χ0) is 24.3. The zero-order valence-corrected chi connectivity index (χ0v) is 20.6. The van der Waals surface area contributed by atoms with Crippen LogP contribution in [0.15, 0.2) is 78.9 Å². The summed E-state index contributed by atoms with van der Waals surface area (Å²) in [6.45, 7) is 7.19. The Kier molecular flexibility index (Phi) is 9.45. The van der Waals surface area contributed by atoms with Gasteiger partial charge in [-0.2, -0.15) is 0 Å². The van der Waals surface area contributed by atoms with Gasteiger partial charge in [0.2, 0.25) is 11.8 Å². The number of nitrogens with zero attached hydrogens (tertiary/aromatic N) is 1. The van der Waals surface area contributed by atoms with Gasteiger partial charge in [-0.15, -0.1) is 0 Å². The number of benzene rings is 3. The van der Waals surface area contributed by atoms with Gasteiger partial charge in [-0.1, -0.05) is 103 Å². The van der Waals surface area contributed by atoms with Gasteiger partial charge in [0.25, 0.3) is 0 Å². The monoisotopic (exact) mass is 456 g/mol. The van der Waals surface area contributed by atoms with E-state index < -0.39 is 6.04 Å². The van der Waals surface area contributed by atoms with E-state index in [-0.39, 0.29) is 18.2 Å². The molecule has 0 heterocycles. The summed E-state index contributed by atoms with van der Waals surface area (Å²) >= 11 is 0. The third-order valence-corrected chi connectivity index (χ3v) is 6.05. The smallest absolute Gasteiger partial charge is 0.243 e. The normalized spacial score (nSPS) is 11.6. The molecule has 0 aromatic heterocycles. The largest absolute Gasteiger partial charge is 0.354 e. The van der Waals surface area contributed by atoms with Gasteiger partial charge in [0.1, 0.15) is 6.04 Å². The summed E-state index contributed by atoms with van der Waals surface area (Å²) in [5.74, 6) is -0.141. The fourth-order valence-corrected chi connectivity index (χ4v) is 3.93. The van der Waals surface area contributed by atoms with E-state index in [2.05, 4.69) is 12.2 Å². The molecule has 0 spiro atoms. The van der Waals surface area contributed by atoms with E-state index in [0.29, 0.717) is 19.5 Å². The standard InChI is InChI=1S/C30H36N2O2/c1-4-5-19-31-30(34)28(20-25-9-7-6-8-10-25)32(22-27-17-13-24(3)14-18-27)29(33)21-26-15-11-23(2)12-16-26/h6-18,28H,4-5,19-22H2,1-3H3,(H,31,34)/t28-/m1/s1. The number of hydrogen-bond acceptors (Lipinski definition) is 2. The van der Waals surface area contributed by atoms with Gasteiger partial charge in [-0.3, -0.25) is 9.59 Å². The van der Waals surface area contributed by atoms with Crippen LogP contribution in [-0.2, 0) is 29.0 Å². The van der Waals surface area contributed by atoms with Crippen molar-refractivity contribution in [1.82, 2.24) is 10.2 Å². The molecule has 0 bridgehead atoms. The van der Waals surface area contributed by atoms with E-state index in [1.165, 1.54) is 5.56 Å².